The maximum atomic E-state index is 10.2. The van der Waals surface area contributed by atoms with Gasteiger partial charge in [-0.05, 0) is 213 Å². The van der Waals surface area contributed by atoms with Crippen LogP contribution in [0.3, 0.4) is 0 Å². The topological polar surface area (TPSA) is 263 Å². The molecule has 104 heavy (non-hydrogen) atoms. The van der Waals surface area contributed by atoms with E-state index in [9.17, 15) is 47.4 Å². The Labute approximate surface area is 595 Å². The number of aromatic nitrogens is 5. The van der Waals surface area contributed by atoms with Crippen LogP contribution in [0, 0.1) is 102 Å². The Hall–Kier alpha value is -16.1. The largest absolute Gasteiger partial charge is 0.309 e. The molecular weight excluding hydrogens is 1280 g/mol. The molecule has 14 heteroatoms. The molecule has 0 aliphatic rings. The zero-order valence-electron chi connectivity index (χ0n) is 54.7. The Morgan fingerprint density at radius 1 is 0.202 bits per heavy atom. The molecule has 3 heterocycles. The van der Waals surface area contributed by atoms with Crippen molar-refractivity contribution in [3.8, 4) is 167 Å². The molecule has 0 amide bonds. The Kier molecular flexibility index (Phi) is 15.7. The molecule has 0 radical (unpaired) electrons. The van der Waals surface area contributed by atoms with Gasteiger partial charge in [0.2, 0.25) is 0 Å². The van der Waals surface area contributed by atoms with E-state index in [0.29, 0.717) is 107 Å². The van der Waals surface area contributed by atoms with Crippen molar-refractivity contribution in [2.24, 2.45) is 0 Å². The van der Waals surface area contributed by atoms with Crippen LogP contribution < -0.4 is 0 Å². The van der Waals surface area contributed by atoms with Crippen LogP contribution in [0.15, 0.2) is 267 Å². The average Bonchev–Trinajstić information content (AvgIpc) is 1.47. The van der Waals surface area contributed by atoms with E-state index in [2.05, 4.69) is 112 Å². The summed E-state index contributed by atoms with van der Waals surface area (Å²) in [5.41, 5.74) is 18.3. The zero-order valence-corrected chi connectivity index (χ0v) is 54.7. The summed E-state index contributed by atoms with van der Waals surface area (Å²) in [6.07, 6.45) is 0. The minimum atomic E-state index is 0.320. The normalized spacial score (nSPS) is 10.8. The lowest BCUT2D eigenvalue weighted by Crippen LogP contribution is -2.06. The SMILES string of the molecule is N#Cc1ccc(-c2ccc(-n3c4ccc(-c5cc(C#N)cc(C#N)c5)cc4c4cc(-c5cc(C#N)cc(C#N)c5)ccc43)c(-c3cccc(-n4c5ccc(-c6cc(C#N)cc(C#N)c6)cc5c5cc(-c6cc(C#N)cc(C#N)c6)ccc54)c3-c3nc(-c4ccccc4)nc(-c4ccccc4)n3)c2)cc1. The number of hydrogen-bond acceptors (Lipinski definition) is 12. The van der Waals surface area contributed by atoms with Gasteiger partial charge in [0.1, 0.15) is 0 Å². The highest BCUT2D eigenvalue weighted by molar-refractivity contribution is 6.14. The Balaban J connectivity index is 1.04. The fourth-order valence-corrected chi connectivity index (χ4v) is 13.9. The fourth-order valence-electron chi connectivity index (χ4n) is 13.9. The molecular formula is C90H44N14. The minimum Gasteiger partial charge on any atom is -0.309 e. The first-order valence-corrected chi connectivity index (χ1v) is 32.7. The van der Waals surface area contributed by atoms with E-state index in [1.165, 1.54) is 0 Å². The van der Waals surface area contributed by atoms with E-state index >= 15 is 0 Å². The number of benzene rings is 13. The van der Waals surface area contributed by atoms with E-state index in [1.807, 2.05) is 133 Å². The van der Waals surface area contributed by atoms with Gasteiger partial charge in [-0.3, -0.25) is 0 Å². The van der Waals surface area contributed by atoms with E-state index in [-0.39, 0.29) is 0 Å². The predicted octanol–water partition coefficient (Wildman–Crippen LogP) is 19.9. The van der Waals surface area contributed by atoms with Crippen LogP contribution >= 0.6 is 0 Å². The highest BCUT2D eigenvalue weighted by Crippen LogP contribution is 2.48. The van der Waals surface area contributed by atoms with Crippen LogP contribution in [0.4, 0.5) is 0 Å². The first-order valence-electron chi connectivity index (χ1n) is 32.7. The van der Waals surface area contributed by atoms with Crippen molar-refractivity contribution in [3.05, 3.63) is 317 Å². The number of nitrogens with zero attached hydrogens (tertiary/aromatic N) is 14. The van der Waals surface area contributed by atoms with Crippen molar-refractivity contribution in [3.63, 3.8) is 0 Å². The predicted molar refractivity (Wildman–Crippen MR) is 400 cm³/mol. The molecule has 16 aromatic rings. The van der Waals surface area contributed by atoms with Crippen LogP contribution in [-0.2, 0) is 0 Å². The van der Waals surface area contributed by atoms with Crippen LogP contribution in [0.1, 0.15) is 50.1 Å². The lowest BCUT2D eigenvalue weighted by Gasteiger charge is -2.21. The third-order valence-corrected chi connectivity index (χ3v) is 18.7. The lowest BCUT2D eigenvalue weighted by atomic mass is 9.92. The molecule has 474 valence electrons. The second kappa shape index (κ2) is 26.0. The summed E-state index contributed by atoms with van der Waals surface area (Å²) < 4.78 is 4.40. The molecule has 0 saturated heterocycles. The Morgan fingerprint density at radius 3 is 0.856 bits per heavy atom. The van der Waals surface area contributed by atoms with Crippen LogP contribution in [0.5, 0.6) is 0 Å². The minimum absolute atomic E-state index is 0.320. The molecule has 14 nitrogen and oxygen atoms in total. The summed E-state index contributed by atoms with van der Waals surface area (Å²) in [7, 11) is 0. The number of fused-ring (bicyclic) bond motifs is 6. The van der Waals surface area contributed by atoms with Gasteiger partial charge in [0, 0.05) is 38.2 Å². The molecule has 16 rings (SSSR count). The molecule has 0 atom stereocenters. The van der Waals surface area contributed by atoms with Crippen molar-refractivity contribution in [1.29, 1.82) is 47.4 Å². The van der Waals surface area contributed by atoms with Gasteiger partial charge in [-0.15, -0.1) is 0 Å². The third-order valence-electron chi connectivity index (χ3n) is 18.7. The Bertz CT molecular complexity index is 6320. The molecule has 0 N–H and O–H groups in total. The zero-order chi connectivity index (χ0) is 71.1. The van der Waals surface area contributed by atoms with Crippen molar-refractivity contribution < 1.29 is 0 Å². The first kappa shape index (κ1) is 62.7. The molecule has 0 aliphatic heterocycles. The van der Waals surface area contributed by atoms with Gasteiger partial charge in [0.25, 0.3) is 0 Å². The van der Waals surface area contributed by atoms with Crippen LogP contribution in [0.25, 0.3) is 156 Å². The summed E-state index contributed by atoms with van der Waals surface area (Å²) in [6.45, 7) is 0. The summed E-state index contributed by atoms with van der Waals surface area (Å²) >= 11 is 0. The van der Waals surface area contributed by atoms with Gasteiger partial charge < -0.3 is 9.13 Å². The molecule has 0 unspecified atom stereocenters. The van der Waals surface area contributed by atoms with Crippen molar-refractivity contribution in [2.45, 2.75) is 0 Å². The van der Waals surface area contributed by atoms with Gasteiger partial charge in [0.05, 0.1) is 144 Å². The van der Waals surface area contributed by atoms with Crippen molar-refractivity contribution in [1.82, 2.24) is 24.1 Å². The second-order valence-electron chi connectivity index (χ2n) is 24.8. The third kappa shape index (κ3) is 11.2. The smallest absolute Gasteiger partial charge is 0.166 e. The molecule has 0 spiro atoms. The summed E-state index contributed by atoms with van der Waals surface area (Å²) in [5.74, 6) is 1.13. The standard InChI is InChI=1S/C90H44N14/c91-45-54-14-16-63(17-15-54)66-18-23-81(103-82-24-19-67(71-32-55(46-92)28-56(33-71)47-93)41-77(82)78-42-68(20-25-83(78)103)72-34-57(48-94)29-58(35-72)49-95)76(40-66)75-12-7-13-86(87(75)90-101-88(64-8-3-1-4-9-64)100-89(102-90)65-10-5-2-6-11-65)104-84-26-21-69(73-36-59(50-96)30-60(37-73)51-97)43-79(84)80-44-70(22-27-85(80)104)74-38-61(52-98)31-62(39-74)53-99/h1-44H. The number of nitriles is 9. The van der Waals surface area contributed by atoms with Gasteiger partial charge >= 0.3 is 0 Å². The maximum absolute atomic E-state index is 10.2. The van der Waals surface area contributed by atoms with Crippen LogP contribution in [-0.4, -0.2) is 24.1 Å². The fraction of sp³-hybridized carbons (Fsp3) is 0. The molecule has 0 bridgehead atoms. The summed E-state index contributed by atoms with van der Waals surface area (Å²) in [6, 6.07) is 104. The molecule has 13 aromatic carbocycles. The van der Waals surface area contributed by atoms with E-state index < -0.39 is 0 Å². The molecule has 0 fully saturated rings. The summed E-state index contributed by atoms with van der Waals surface area (Å²) in [5, 5.41) is 95.0. The van der Waals surface area contributed by atoms with Crippen molar-refractivity contribution in [2.75, 3.05) is 0 Å². The summed E-state index contributed by atoms with van der Waals surface area (Å²) in [4.78, 5) is 16.3. The second-order valence-corrected chi connectivity index (χ2v) is 24.8. The van der Waals surface area contributed by atoms with E-state index in [0.717, 1.165) is 99.4 Å². The quantitative estimate of drug-likeness (QED) is 0.117. The van der Waals surface area contributed by atoms with E-state index in [1.54, 1.807) is 84.9 Å². The lowest BCUT2D eigenvalue weighted by molar-refractivity contribution is 1.06. The van der Waals surface area contributed by atoms with Crippen molar-refractivity contribution >= 4 is 43.6 Å². The average molecular weight is 1320 g/mol. The van der Waals surface area contributed by atoms with Gasteiger partial charge in [-0.1, -0.05) is 115 Å². The number of hydrogen-bond donors (Lipinski definition) is 0. The maximum Gasteiger partial charge on any atom is 0.166 e. The van der Waals surface area contributed by atoms with Crippen LogP contribution in [0.2, 0.25) is 0 Å². The van der Waals surface area contributed by atoms with Gasteiger partial charge in [-0.25, -0.2) is 15.0 Å². The van der Waals surface area contributed by atoms with Gasteiger partial charge in [-0.2, -0.15) is 47.4 Å². The number of rotatable bonds is 11. The molecule has 3 aromatic heterocycles. The monoisotopic (exact) mass is 1320 g/mol. The highest BCUT2D eigenvalue weighted by Gasteiger charge is 2.27. The van der Waals surface area contributed by atoms with E-state index in [4.69, 9.17) is 15.0 Å². The highest BCUT2D eigenvalue weighted by atomic mass is 15.1. The Morgan fingerprint density at radius 2 is 0.510 bits per heavy atom. The first-order chi connectivity index (χ1) is 51.0. The molecule has 0 aliphatic carbocycles. The van der Waals surface area contributed by atoms with Gasteiger partial charge in [0.15, 0.2) is 17.5 Å². The molecule has 0 saturated carbocycles.